The normalized spacial score (nSPS) is 15.2. The van der Waals surface area contributed by atoms with Crippen molar-refractivity contribution in [1.82, 2.24) is 9.80 Å². The highest BCUT2D eigenvalue weighted by molar-refractivity contribution is 6.24. The zero-order valence-corrected chi connectivity index (χ0v) is 17.5. The van der Waals surface area contributed by atoms with E-state index in [1.165, 1.54) is 11.1 Å². The summed E-state index contributed by atoms with van der Waals surface area (Å²) in [5.41, 5.74) is 5.40. The Morgan fingerprint density at radius 2 is 1.50 bits per heavy atom. The molecule has 1 aliphatic heterocycles. The molecule has 30 heavy (non-hydrogen) atoms. The van der Waals surface area contributed by atoms with Crippen LogP contribution in [-0.4, -0.2) is 41.9 Å². The quantitative estimate of drug-likeness (QED) is 0.453. The molecule has 1 saturated heterocycles. The molecule has 0 bridgehead atoms. The van der Waals surface area contributed by atoms with Crippen LogP contribution in [0.4, 0.5) is 0 Å². The minimum atomic E-state index is 0.111. The van der Waals surface area contributed by atoms with Gasteiger partial charge in [0.05, 0.1) is 0 Å². The number of hydrogen-bond acceptors (Lipinski definition) is 2. The first kappa shape index (κ1) is 20.1. The minimum absolute atomic E-state index is 0.111. The van der Waals surface area contributed by atoms with Gasteiger partial charge in [0.1, 0.15) is 0 Å². The van der Waals surface area contributed by atoms with Crippen LogP contribution >= 0.6 is 0 Å². The summed E-state index contributed by atoms with van der Waals surface area (Å²) >= 11 is 0. The van der Waals surface area contributed by atoms with Crippen molar-refractivity contribution in [2.24, 2.45) is 0 Å². The summed E-state index contributed by atoms with van der Waals surface area (Å²) in [6.45, 7) is 6.37. The molecule has 0 radical (unpaired) electrons. The number of carbonyl (C=O) groups is 1. The number of rotatable bonds is 5. The summed E-state index contributed by atoms with van der Waals surface area (Å²) in [5, 5.41) is 0. The summed E-state index contributed by atoms with van der Waals surface area (Å²) in [5.74, 6) is 0.111. The highest BCUT2D eigenvalue weighted by Crippen LogP contribution is 2.22. The Bertz CT molecular complexity index is 1000. The number of nitrogens with zero attached hydrogens (tertiary/aromatic N) is 2. The Morgan fingerprint density at radius 3 is 2.17 bits per heavy atom. The van der Waals surface area contributed by atoms with E-state index in [9.17, 15) is 4.79 Å². The molecule has 0 aliphatic carbocycles. The number of piperazine rings is 1. The first-order valence-electron chi connectivity index (χ1n) is 10.6. The van der Waals surface area contributed by atoms with Crippen molar-refractivity contribution < 1.29 is 4.79 Å². The van der Waals surface area contributed by atoms with Crippen LogP contribution in [0, 0.1) is 6.92 Å². The standard InChI is InChI=1S/C27H28N2O/c1-22-9-8-12-24(19-22)21-28-15-17-29(18-16-28)27(30)26(25-13-6-3-7-14-25)20-23-10-4-2-5-11-23/h2-14,19-20H,15-18,21H2,1H3/b26-20-. The molecule has 1 heterocycles. The Morgan fingerprint density at radius 1 is 0.833 bits per heavy atom. The smallest absolute Gasteiger partial charge is 0.254 e. The second-order valence-corrected chi connectivity index (χ2v) is 7.89. The summed E-state index contributed by atoms with van der Waals surface area (Å²) in [6, 6.07) is 28.7. The summed E-state index contributed by atoms with van der Waals surface area (Å²) in [4.78, 5) is 17.9. The van der Waals surface area contributed by atoms with Crippen molar-refractivity contribution in [3.63, 3.8) is 0 Å². The minimum Gasteiger partial charge on any atom is -0.336 e. The lowest BCUT2D eigenvalue weighted by atomic mass is 10.0. The summed E-state index contributed by atoms with van der Waals surface area (Å²) in [7, 11) is 0. The van der Waals surface area contributed by atoms with Gasteiger partial charge in [0.15, 0.2) is 0 Å². The number of carbonyl (C=O) groups excluding carboxylic acids is 1. The molecular formula is C27H28N2O. The maximum absolute atomic E-state index is 13.5. The van der Waals surface area contributed by atoms with E-state index in [-0.39, 0.29) is 5.91 Å². The first-order valence-corrected chi connectivity index (χ1v) is 10.6. The molecule has 0 aromatic heterocycles. The van der Waals surface area contributed by atoms with E-state index in [0.717, 1.165) is 49.4 Å². The van der Waals surface area contributed by atoms with Crippen molar-refractivity contribution in [3.05, 3.63) is 107 Å². The van der Waals surface area contributed by atoms with Crippen molar-refractivity contribution in [2.45, 2.75) is 13.5 Å². The fraction of sp³-hybridized carbons (Fsp3) is 0.222. The third kappa shape index (κ3) is 5.05. The maximum atomic E-state index is 13.5. The van der Waals surface area contributed by atoms with Gasteiger partial charge >= 0.3 is 0 Å². The monoisotopic (exact) mass is 396 g/mol. The fourth-order valence-electron chi connectivity index (χ4n) is 3.95. The van der Waals surface area contributed by atoms with Gasteiger partial charge < -0.3 is 4.90 Å². The largest absolute Gasteiger partial charge is 0.336 e. The second kappa shape index (κ2) is 9.55. The van der Waals surface area contributed by atoms with Gasteiger partial charge in [-0.2, -0.15) is 0 Å². The maximum Gasteiger partial charge on any atom is 0.254 e. The van der Waals surface area contributed by atoms with Crippen LogP contribution in [0.15, 0.2) is 84.9 Å². The van der Waals surface area contributed by atoms with Gasteiger partial charge in [-0.1, -0.05) is 90.5 Å². The third-order valence-electron chi connectivity index (χ3n) is 5.57. The lowest BCUT2D eigenvalue weighted by Gasteiger charge is -2.35. The number of hydrogen-bond donors (Lipinski definition) is 0. The van der Waals surface area contributed by atoms with E-state index in [1.54, 1.807) is 0 Å². The van der Waals surface area contributed by atoms with Crippen LogP contribution in [0.1, 0.15) is 22.3 Å². The van der Waals surface area contributed by atoms with Crippen LogP contribution in [0.3, 0.4) is 0 Å². The van der Waals surface area contributed by atoms with Gasteiger partial charge in [-0.15, -0.1) is 0 Å². The highest BCUT2D eigenvalue weighted by Gasteiger charge is 2.24. The summed E-state index contributed by atoms with van der Waals surface area (Å²) in [6.07, 6.45) is 2.01. The SMILES string of the molecule is Cc1cccc(CN2CCN(C(=O)/C(=C\c3ccccc3)c3ccccc3)CC2)c1. The van der Waals surface area contributed by atoms with E-state index in [0.29, 0.717) is 0 Å². The van der Waals surface area contributed by atoms with Crippen LogP contribution < -0.4 is 0 Å². The predicted octanol–water partition coefficient (Wildman–Crippen LogP) is 4.88. The van der Waals surface area contributed by atoms with Crippen LogP contribution in [0.2, 0.25) is 0 Å². The molecule has 0 unspecified atom stereocenters. The molecule has 3 nitrogen and oxygen atoms in total. The molecule has 1 amide bonds. The zero-order chi connectivity index (χ0) is 20.8. The van der Waals surface area contributed by atoms with E-state index in [4.69, 9.17) is 0 Å². The lowest BCUT2D eigenvalue weighted by Crippen LogP contribution is -2.48. The second-order valence-electron chi connectivity index (χ2n) is 7.89. The van der Waals surface area contributed by atoms with Crippen molar-refractivity contribution in [3.8, 4) is 0 Å². The zero-order valence-electron chi connectivity index (χ0n) is 17.5. The Kier molecular flexibility index (Phi) is 6.41. The van der Waals surface area contributed by atoms with Crippen molar-refractivity contribution in [2.75, 3.05) is 26.2 Å². The molecule has 0 spiro atoms. The third-order valence-corrected chi connectivity index (χ3v) is 5.57. The van der Waals surface area contributed by atoms with E-state index >= 15 is 0 Å². The average molecular weight is 397 g/mol. The first-order chi connectivity index (χ1) is 14.7. The highest BCUT2D eigenvalue weighted by atomic mass is 16.2. The van der Waals surface area contributed by atoms with Gasteiger partial charge in [0, 0.05) is 38.3 Å². The van der Waals surface area contributed by atoms with E-state index in [1.807, 2.05) is 71.6 Å². The van der Waals surface area contributed by atoms with Crippen LogP contribution in [0.25, 0.3) is 11.6 Å². The topological polar surface area (TPSA) is 23.6 Å². The number of amides is 1. The fourth-order valence-corrected chi connectivity index (χ4v) is 3.95. The molecule has 152 valence electrons. The molecule has 0 N–H and O–H groups in total. The van der Waals surface area contributed by atoms with Gasteiger partial charge in [-0.3, -0.25) is 9.69 Å². The molecule has 3 heteroatoms. The van der Waals surface area contributed by atoms with Crippen molar-refractivity contribution >= 4 is 17.6 Å². The molecule has 1 fully saturated rings. The Balaban J connectivity index is 1.47. The number of aryl methyl sites for hydroxylation is 1. The van der Waals surface area contributed by atoms with E-state index < -0.39 is 0 Å². The molecule has 1 aliphatic rings. The molecule has 4 rings (SSSR count). The Labute approximate surface area is 179 Å². The van der Waals surface area contributed by atoms with Gasteiger partial charge in [0.25, 0.3) is 5.91 Å². The number of benzene rings is 3. The molecular weight excluding hydrogens is 368 g/mol. The van der Waals surface area contributed by atoms with E-state index in [2.05, 4.69) is 36.1 Å². The van der Waals surface area contributed by atoms with Crippen LogP contribution in [0.5, 0.6) is 0 Å². The van der Waals surface area contributed by atoms with Gasteiger partial charge in [0.2, 0.25) is 0 Å². The van der Waals surface area contributed by atoms with Gasteiger partial charge in [-0.25, -0.2) is 0 Å². The van der Waals surface area contributed by atoms with Crippen LogP contribution in [-0.2, 0) is 11.3 Å². The van der Waals surface area contributed by atoms with Gasteiger partial charge in [-0.05, 0) is 29.7 Å². The Hall–Kier alpha value is -3.17. The van der Waals surface area contributed by atoms with Crippen molar-refractivity contribution in [1.29, 1.82) is 0 Å². The molecule has 3 aromatic rings. The molecule has 3 aromatic carbocycles. The molecule has 0 atom stereocenters. The molecule has 0 saturated carbocycles. The summed E-state index contributed by atoms with van der Waals surface area (Å²) < 4.78 is 0. The predicted molar refractivity (Wildman–Crippen MR) is 124 cm³/mol. The average Bonchev–Trinajstić information content (AvgIpc) is 2.79. The lowest BCUT2D eigenvalue weighted by molar-refractivity contribution is -0.126.